The molecule has 0 heterocycles. The molecule has 0 fully saturated rings. The Bertz CT molecular complexity index is 678. The van der Waals surface area contributed by atoms with Gasteiger partial charge in [-0.25, -0.2) is 4.79 Å². The first-order valence-electron chi connectivity index (χ1n) is 6.08. The van der Waals surface area contributed by atoms with E-state index in [-0.39, 0.29) is 5.02 Å². The number of amides is 1. The van der Waals surface area contributed by atoms with Gasteiger partial charge < -0.3 is 4.74 Å². The van der Waals surface area contributed by atoms with Crippen LogP contribution in [0.3, 0.4) is 0 Å². The topological polar surface area (TPSA) is 38.3 Å². The normalized spacial score (nSPS) is 10.3. The highest BCUT2D eigenvalue weighted by Crippen LogP contribution is 2.30. The zero-order valence-corrected chi connectivity index (χ0v) is 13.6. The Morgan fingerprint density at radius 1 is 1.05 bits per heavy atom. The predicted octanol–water partition coefficient (Wildman–Crippen LogP) is 5.87. The summed E-state index contributed by atoms with van der Waals surface area (Å²) in [5.74, 6) is 0.407. The molecular formula is C15H12Cl3NO2. The van der Waals surface area contributed by atoms with Gasteiger partial charge in [-0.1, -0.05) is 40.9 Å². The zero-order valence-electron chi connectivity index (χ0n) is 11.3. The molecule has 1 amide bonds. The molecule has 0 saturated heterocycles. The summed E-state index contributed by atoms with van der Waals surface area (Å²) in [6.45, 7) is 3.68. The first-order chi connectivity index (χ1) is 9.88. The Balaban J connectivity index is 2.14. The van der Waals surface area contributed by atoms with Crippen LogP contribution in [0.2, 0.25) is 15.1 Å². The number of carbonyl (C=O) groups is 1. The summed E-state index contributed by atoms with van der Waals surface area (Å²) in [4.78, 5) is 11.9. The molecule has 0 saturated carbocycles. The Morgan fingerprint density at radius 2 is 1.67 bits per heavy atom. The Hall–Kier alpha value is -1.42. The molecule has 0 aromatic heterocycles. The summed E-state index contributed by atoms with van der Waals surface area (Å²) < 4.78 is 5.22. The van der Waals surface area contributed by atoms with Crippen LogP contribution in [-0.4, -0.2) is 6.09 Å². The monoisotopic (exact) mass is 343 g/mol. The second-order valence-electron chi connectivity index (χ2n) is 4.49. The number of ether oxygens (including phenoxy) is 1. The van der Waals surface area contributed by atoms with Gasteiger partial charge in [0.25, 0.3) is 0 Å². The molecule has 21 heavy (non-hydrogen) atoms. The van der Waals surface area contributed by atoms with E-state index in [4.69, 9.17) is 39.5 Å². The molecule has 0 aliphatic carbocycles. The average Bonchev–Trinajstić information content (AvgIpc) is 2.41. The lowest BCUT2D eigenvalue weighted by Gasteiger charge is -2.10. The van der Waals surface area contributed by atoms with E-state index in [0.29, 0.717) is 21.5 Å². The number of benzene rings is 2. The van der Waals surface area contributed by atoms with Gasteiger partial charge in [-0.3, -0.25) is 5.32 Å². The number of carbonyl (C=O) groups excluding carboxylic acids is 1. The van der Waals surface area contributed by atoms with Crippen LogP contribution >= 0.6 is 34.8 Å². The molecule has 110 valence electrons. The number of aryl methyl sites for hydroxylation is 2. The minimum absolute atomic E-state index is 0.264. The van der Waals surface area contributed by atoms with Gasteiger partial charge in [-0.2, -0.15) is 0 Å². The molecule has 0 atom stereocenters. The van der Waals surface area contributed by atoms with Gasteiger partial charge >= 0.3 is 6.09 Å². The summed E-state index contributed by atoms with van der Waals surface area (Å²) in [5.41, 5.74) is 2.05. The molecule has 2 aromatic carbocycles. The summed E-state index contributed by atoms with van der Waals surface area (Å²) in [7, 11) is 0. The van der Waals surface area contributed by atoms with Crippen LogP contribution in [0.4, 0.5) is 10.5 Å². The van der Waals surface area contributed by atoms with Crippen LogP contribution in [0.15, 0.2) is 30.3 Å². The van der Waals surface area contributed by atoms with Crippen molar-refractivity contribution < 1.29 is 9.53 Å². The van der Waals surface area contributed by atoms with Crippen molar-refractivity contribution in [1.82, 2.24) is 0 Å². The van der Waals surface area contributed by atoms with Gasteiger partial charge in [0.1, 0.15) is 5.75 Å². The molecule has 0 aliphatic rings. The standard InChI is InChI=1S/C15H12Cl3NO2/c1-8-6-10(7-9(2)13(8)17)21-15(20)19-12-5-3-4-11(16)14(12)18/h3-7H,1-2H3,(H,19,20). The Labute approximate surface area is 137 Å². The fraction of sp³-hybridized carbons (Fsp3) is 0.133. The predicted molar refractivity (Wildman–Crippen MR) is 87.0 cm³/mol. The van der Waals surface area contributed by atoms with Crippen LogP contribution in [0.25, 0.3) is 0 Å². The summed E-state index contributed by atoms with van der Waals surface area (Å²) in [5, 5.41) is 3.81. The quantitative estimate of drug-likeness (QED) is 0.739. The molecule has 0 radical (unpaired) electrons. The fourth-order valence-electron chi connectivity index (χ4n) is 1.81. The lowest BCUT2D eigenvalue weighted by atomic mass is 10.1. The van der Waals surface area contributed by atoms with Crippen LogP contribution in [0.1, 0.15) is 11.1 Å². The molecular weight excluding hydrogens is 333 g/mol. The van der Waals surface area contributed by atoms with Gasteiger partial charge in [-0.05, 0) is 49.2 Å². The van der Waals surface area contributed by atoms with Crippen molar-refractivity contribution >= 4 is 46.6 Å². The van der Waals surface area contributed by atoms with Crippen molar-refractivity contribution in [2.75, 3.05) is 5.32 Å². The maximum atomic E-state index is 11.9. The Kier molecular flexibility index (Phi) is 4.99. The van der Waals surface area contributed by atoms with Crippen LogP contribution in [0, 0.1) is 13.8 Å². The summed E-state index contributed by atoms with van der Waals surface area (Å²) in [6.07, 6.45) is -0.653. The number of hydrogen-bond acceptors (Lipinski definition) is 2. The number of anilines is 1. The first kappa shape index (κ1) is 16.0. The first-order valence-corrected chi connectivity index (χ1v) is 7.21. The molecule has 2 aromatic rings. The number of hydrogen-bond donors (Lipinski definition) is 1. The summed E-state index contributed by atoms with van der Waals surface area (Å²) >= 11 is 17.9. The van der Waals surface area contributed by atoms with Crippen molar-refractivity contribution in [2.45, 2.75) is 13.8 Å². The second kappa shape index (κ2) is 6.56. The van der Waals surface area contributed by atoms with Crippen LogP contribution in [-0.2, 0) is 0 Å². The van der Waals surface area contributed by atoms with Gasteiger partial charge in [0.05, 0.1) is 15.7 Å². The lowest BCUT2D eigenvalue weighted by Crippen LogP contribution is -2.17. The second-order valence-corrected chi connectivity index (χ2v) is 5.65. The highest BCUT2D eigenvalue weighted by atomic mass is 35.5. The van der Waals surface area contributed by atoms with Crippen molar-refractivity contribution in [3.05, 3.63) is 56.5 Å². The molecule has 2 rings (SSSR count). The SMILES string of the molecule is Cc1cc(OC(=O)Nc2cccc(Cl)c2Cl)cc(C)c1Cl. The van der Waals surface area contributed by atoms with Gasteiger partial charge in [-0.15, -0.1) is 0 Å². The molecule has 0 aliphatic heterocycles. The van der Waals surface area contributed by atoms with Crippen molar-refractivity contribution in [2.24, 2.45) is 0 Å². The maximum Gasteiger partial charge on any atom is 0.417 e. The van der Waals surface area contributed by atoms with E-state index in [0.717, 1.165) is 11.1 Å². The van der Waals surface area contributed by atoms with E-state index in [1.807, 2.05) is 13.8 Å². The number of rotatable bonds is 2. The van der Waals surface area contributed by atoms with Crippen LogP contribution in [0.5, 0.6) is 5.75 Å². The number of nitrogens with one attached hydrogen (secondary N) is 1. The van der Waals surface area contributed by atoms with E-state index >= 15 is 0 Å². The van der Waals surface area contributed by atoms with E-state index in [9.17, 15) is 4.79 Å². The van der Waals surface area contributed by atoms with Crippen molar-refractivity contribution in [3.8, 4) is 5.75 Å². The van der Waals surface area contributed by atoms with Crippen LogP contribution < -0.4 is 10.1 Å². The largest absolute Gasteiger partial charge is 0.417 e. The maximum absolute atomic E-state index is 11.9. The smallest absolute Gasteiger partial charge is 0.410 e. The van der Waals surface area contributed by atoms with Crippen molar-refractivity contribution in [3.63, 3.8) is 0 Å². The minimum Gasteiger partial charge on any atom is -0.410 e. The minimum atomic E-state index is -0.653. The van der Waals surface area contributed by atoms with Crippen molar-refractivity contribution in [1.29, 1.82) is 0 Å². The summed E-state index contributed by atoms with van der Waals surface area (Å²) in [6, 6.07) is 8.32. The molecule has 1 N–H and O–H groups in total. The Morgan fingerprint density at radius 3 is 2.29 bits per heavy atom. The highest BCUT2D eigenvalue weighted by Gasteiger charge is 2.11. The van der Waals surface area contributed by atoms with Gasteiger partial charge in [0, 0.05) is 5.02 Å². The molecule has 3 nitrogen and oxygen atoms in total. The van der Waals surface area contributed by atoms with E-state index in [1.165, 1.54) is 0 Å². The fourth-order valence-corrected chi connectivity index (χ4v) is 2.26. The third kappa shape index (κ3) is 3.82. The van der Waals surface area contributed by atoms with E-state index in [2.05, 4.69) is 5.32 Å². The van der Waals surface area contributed by atoms with E-state index in [1.54, 1.807) is 30.3 Å². The average molecular weight is 345 g/mol. The number of halogens is 3. The van der Waals surface area contributed by atoms with Gasteiger partial charge in [0.2, 0.25) is 0 Å². The molecule has 0 unspecified atom stereocenters. The molecule has 0 spiro atoms. The zero-order chi connectivity index (χ0) is 15.6. The van der Waals surface area contributed by atoms with Gasteiger partial charge in [0.15, 0.2) is 0 Å². The lowest BCUT2D eigenvalue weighted by molar-refractivity contribution is 0.215. The highest BCUT2D eigenvalue weighted by molar-refractivity contribution is 6.43. The molecule has 6 heteroatoms. The molecule has 0 bridgehead atoms. The third-order valence-corrected chi connectivity index (χ3v) is 4.22. The van der Waals surface area contributed by atoms with E-state index < -0.39 is 6.09 Å². The third-order valence-electron chi connectivity index (χ3n) is 2.81.